The highest BCUT2D eigenvalue weighted by atomic mass is 32.1. The molecule has 1 heterocycles. The fourth-order valence-corrected chi connectivity index (χ4v) is 2.53. The molecule has 0 saturated carbocycles. The zero-order valence-electron chi connectivity index (χ0n) is 12.3. The number of hydrogen-bond donors (Lipinski definition) is 2. The van der Waals surface area contributed by atoms with Crippen LogP contribution in [0.2, 0.25) is 0 Å². The molecular weight excluding hydrogens is 335 g/mol. The third kappa shape index (κ3) is 5.03. The standard InChI is InChI=1S/C16H13FN2O4S/c17-11-3-1-2-10(8-11)4-5-14(21)23-9-13(20)19-16-12(15(18)22)6-7-24-16/h1-8H,9H2,(H2,18,22)(H,19,20)/b5-4+. The van der Waals surface area contributed by atoms with Crippen molar-refractivity contribution in [3.63, 3.8) is 0 Å². The lowest BCUT2D eigenvalue weighted by Gasteiger charge is -2.04. The minimum absolute atomic E-state index is 0.186. The van der Waals surface area contributed by atoms with Crippen LogP contribution in [0.3, 0.4) is 0 Å². The normalized spacial score (nSPS) is 10.5. The summed E-state index contributed by atoms with van der Waals surface area (Å²) in [6.07, 6.45) is 2.45. The molecule has 3 N–H and O–H groups in total. The van der Waals surface area contributed by atoms with Gasteiger partial charge in [0.25, 0.3) is 11.8 Å². The number of rotatable bonds is 6. The molecule has 2 rings (SSSR count). The zero-order valence-corrected chi connectivity index (χ0v) is 13.1. The van der Waals surface area contributed by atoms with E-state index in [2.05, 4.69) is 5.32 Å². The molecule has 0 unspecified atom stereocenters. The molecule has 0 atom stereocenters. The molecule has 0 aliphatic carbocycles. The van der Waals surface area contributed by atoms with Gasteiger partial charge in [-0.25, -0.2) is 9.18 Å². The average Bonchev–Trinajstić information content (AvgIpc) is 2.99. The van der Waals surface area contributed by atoms with Crippen LogP contribution < -0.4 is 11.1 Å². The predicted octanol–water partition coefficient (Wildman–Crippen LogP) is 2.18. The fourth-order valence-electron chi connectivity index (χ4n) is 1.72. The molecule has 0 bridgehead atoms. The van der Waals surface area contributed by atoms with E-state index < -0.39 is 30.2 Å². The molecular formula is C16H13FN2O4S. The summed E-state index contributed by atoms with van der Waals surface area (Å²) in [5, 5.41) is 4.33. The Morgan fingerprint density at radius 2 is 2.08 bits per heavy atom. The van der Waals surface area contributed by atoms with E-state index in [9.17, 15) is 18.8 Å². The van der Waals surface area contributed by atoms with Crippen molar-refractivity contribution in [1.29, 1.82) is 0 Å². The molecule has 0 aliphatic rings. The number of thiophene rings is 1. The summed E-state index contributed by atoms with van der Waals surface area (Å²) in [6.45, 7) is -0.525. The molecule has 6 nitrogen and oxygen atoms in total. The van der Waals surface area contributed by atoms with E-state index in [4.69, 9.17) is 10.5 Å². The van der Waals surface area contributed by atoms with Crippen LogP contribution in [0.15, 0.2) is 41.8 Å². The maximum atomic E-state index is 13.0. The van der Waals surface area contributed by atoms with E-state index in [-0.39, 0.29) is 5.56 Å². The third-order valence-corrected chi connectivity index (χ3v) is 3.62. The molecule has 0 spiro atoms. The maximum absolute atomic E-state index is 13.0. The molecule has 8 heteroatoms. The summed E-state index contributed by atoms with van der Waals surface area (Å²) in [5.74, 6) is -2.45. The van der Waals surface area contributed by atoms with Gasteiger partial charge in [-0.15, -0.1) is 11.3 Å². The van der Waals surface area contributed by atoms with Gasteiger partial charge in [0.1, 0.15) is 10.8 Å². The van der Waals surface area contributed by atoms with Gasteiger partial charge in [0.05, 0.1) is 5.56 Å². The first-order valence-corrected chi connectivity index (χ1v) is 7.61. The third-order valence-electron chi connectivity index (χ3n) is 2.79. The lowest BCUT2D eigenvalue weighted by molar-refractivity contribution is -0.142. The Balaban J connectivity index is 1.84. The second kappa shape index (κ2) is 8.02. The van der Waals surface area contributed by atoms with Crippen LogP contribution in [-0.4, -0.2) is 24.4 Å². The van der Waals surface area contributed by atoms with Crippen molar-refractivity contribution in [2.45, 2.75) is 0 Å². The Hall–Kier alpha value is -3.00. The minimum Gasteiger partial charge on any atom is -0.452 e. The van der Waals surface area contributed by atoms with Gasteiger partial charge in [-0.05, 0) is 35.2 Å². The molecule has 1 aromatic heterocycles. The van der Waals surface area contributed by atoms with Crippen molar-refractivity contribution in [1.82, 2.24) is 0 Å². The highest BCUT2D eigenvalue weighted by Crippen LogP contribution is 2.22. The van der Waals surface area contributed by atoms with Crippen LogP contribution in [0.25, 0.3) is 6.08 Å². The number of amides is 2. The Kier molecular flexibility index (Phi) is 5.80. The van der Waals surface area contributed by atoms with E-state index in [1.165, 1.54) is 30.3 Å². The van der Waals surface area contributed by atoms with E-state index >= 15 is 0 Å². The Morgan fingerprint density at radius 3 is 2.79 bits per heavy atom. The summed E-state index contributed by atoms with van der Waals surface area (Å²) in [6, 6.07) is 7.13. The van der Waals surface area contributed by atoms with E-state index in [0.717, 1.165) is 17.4 Å². The number of nitrogens with one attached hydrogen (secondary N) is 1. The number of esters is 1. The van der Waals surface area contributed by atoms with Crippen LogP contribution in [0.5, 0.6) is 0 Å². The van der Waals surface area contributed by atoms with Gasteiger partial charge in [0.15, 0.2) is 6.61 Å². The summed E-state index contributed by atoms with van der Waals surface area (Å²) in [4.78, 5) is 34.4. The van der Waals surface area contributed by atoms with Gasteiger partial charge in [0.2, 0.25) is 0 Å². The first kappa shape index (κ1) is 17.4. The highest BCUT2D eigenvalue weighted by molar-refractivity contribution is 7.14. The van der Waals surface area contributed by atoms with Gasteiger partial charge >= 0.3 is 5.97 Å². The predicted molar refractivity (Wildman–Crippen MR) is 87.9 cm³/mol. The van der Waals surface area contributed by atoms with Crippen LogP contribution >= 0.6 is 11.3 Å². The van der Waals surface area contributed by atoms with Crippen molar-refractivity contribution >= 4 is 40.2 Å². The number of carbonyl (C=O) groups excluding carboxylic acids is 3. The average molecular weight is 348 g/mol. The maximum Gasteiger partial charge on any atom is 0.331 e. The van der Waals surface area contributed by atoms with Gasteiger partial charge in [-0.2, -0.15) is 0 Å². The Labute approximate surface area is 140 Å². The second-order valence-corrected chi connectivity index (χ2v) is 5.49. The number of hydrogen-bond acceptors (Lipinski definition) is 5. The molecule has 24 heavy (non-hydrogen) atoms. The quantitative estimate of drug-likeness (QED) is 0.617. The molecule has 0 radical (unpaired) electrons. The van der Waals surface area contributed by atoms with Crippen LogP contribution in [-0.2, 0) is 14.3 Å². The molecule has 2 aromatic rings. The number of nitrogens with two attached hydrogens (primary N) is 1. The van der Waals surface area contributed by atoms with Gasteiger partial charge in [0, 0.05) is 6.08 Å². The van der Waals surface area contributed by atoms with Crippen LogP contribution in [0, 0.1) is 5.82 Å². The number of carbonyl (C=O) groups is 3. The summed E-state index contributed by atoms with van der Waals surface area (Å²) in [7, 11) is 0. The van der Waals surface area contributed by atoms with Crippen molar-refractivity contribution in [2.24, 2.45) is 5.73 Å². The lowest BCUT2D eigenvalue weighted by atomic mass is 10.2. The number of benzene rings is 1. The first-order valence-electron chi connectivity index (χ1n) is 6.73. The smallest absolute Gasteiger partial charge is 0.331 e. The molecule has 2 amide bonds. The topological polar surface area (TPSA) is 98.5 Å². The molecule has 0 aliphatic heterocycles. The summed E-state index contributed by atoms with van der Waals surface area (Å²) >= 11 is 1.13. The van der Waals surface area contributed by atoms with Gasteiger partial charge in [-0.1, -0.05) is 12.1 Å². The van der Waals surface area contributed by atoms with Crippen molar-refractivity contribution in [3.8, 4) is 0 Å². The van der Waals surface area contributed by atoms with Crippen molar-refractivity contribution < 1.29 is 23.5 Å². The molecule has 124 valence electrons. The largest absolute Gasteiger partial charge is 0.452 e. The second-order valence-electron chi connectivity index (χ2n) is 4.57. The van der Waals surface area contributed by atoms with Gasteiger partial charge < -0.3 is 15.8 Å². The monoisotopic (exact) mass is 348 g/mol. The molecule has 0 fully saturated rings. The lowest BCUT2D eigenvalue weighted by Crippen LogP contribution is -2.21. The number of halogens is 1. The minimum atomic E-state index is -0.754. The zero-order chi connectivity index (χ0) is 17.5. The van der Waals surface area contributed by atoms with Crippen LogP contribution in [0.1, 0.15) is 15.9 Å². The van der Waals surface area contributed by atoms with Crippen molar-refractivity contribution in [2.75, 3.05) is 11.9 Å². The SMILES string of the molecule is NC(=O)c1ccsc1NC(=O)COC(=O)/C=C/c1cccc(F)c1. The summed E-state index contributed by atoms with van der Waals surface area (Å²) < 4.78 is 17.7. The van der Waals surface area contributed by atoms with Crippen molar-refractivity contribution in [3.05, 3.63) is 58.7 Å². The first-order chi connectivity index (χ1) is 11.5. The Bertz CT molecular complexity index is 801. The number of anilines is 1. The Morgan fingerprint density at radius 1 is 1.29 bits per heavy atom. The molecule has 1 aromatic carbocycles. The highest BCUT2D eigenvalue weighted by Gasteiger charge is 2.13. The number of ether oxygens (including phenoxy) is 1. The van der Waals surface area contributed by atoms with E-state index in [0.29, 0.717) is 10.6 Å². The van der Waals surface area contributed by atoms with E-state index in [1.54, 1.807) is 11.4 Å². The van der Waals surface area contributed by atoms with Gasteiger partial charge in [-0.3, -0.25) is 9.59 Å². The summed E-state index contributed by atoms with van der Waals surface area (Å²) in [5.41, 5.74) is 5.83. The fraction of sp³-hybridized carbons (Fsp3) is 0.0625. The molecule has 0 saturated heterocycles. The van der Waals surface area contributed by atoms with Crippen LogP contribution in [0.4, 0.5) is 9.39 Å². The van der Waals surface area contributed by atoms with E-state index in [1.807, 2.05) is 0 Å². The number of primary amides is 1.